The quantitative estimate of drug-likeness (QED) is 0.563. The normalized spacial score (nSPS) is 10.0. The van der Waals surface area contributed by atoms with Gasteiger partial charge in [0.25, 0.3) is 0 Å². The number of para-hydroxylation sites is 1. The fourth-order valence-corrected chi connectivity index (χ4v) is 1.49. The Morgan fingerprint density at radius 2 is 2.18 bits per heavy atom. The second-order valence-corrected chi connectivity index (χ2v) is 3.76. The van der Waals surface area contributed by atoms with Gasteiger partial charge in [-0.1, -0.05) is 19.1 Å². The Morgan fingerprint density at radius 3 is 2.76 bits per heavy atom. The molecule has 1 rings (SSSR count). The molecule has 0 spiro atoms. The number of carbonyl (C=O) groups excluding carboxylic acids is 1. The number of hydrogen-bond donors (Lipinski definition) is 0. The van der Waals surface area contributed by atoms with E-state index in [1.807, 2.05) is 6.92 Å². The fourth-order valence-electron chi connectivity index (χ4n) is 1.49. The highest BCUT2D eigenvalue weighted by molar-refractivity contribution is 5.80. The highest BCUT2D eigenvalue weighted by Crippen LogP contribution is 2.29. The maximum absolute atomic E-state index is 11.3. The fraction of sp³-hybridized carbons (Fsp3) is 0.417. The van der Waals surface area contributed by atoms with Gasteiger partial charge in [0, 0.05) is 12.0 Å². The van der Waals surface area contributed by atoms with Gasteiger partial charge in [0.1, 0.15) is 6.61 Å². The molecule has 0 amide bonds. The van der Waals surface area contributed by atoms with Gasteiger partial charge < -0.3 is 4.74 Å². The lowest BCUT2D eigenvalue weighted by Crippen LogP contribution is -2.11. The third-order valence-electron chi connectivity index (χ3n) is 2.30. The Labute approximate surface area is 99.5 Å². The molecule has 0 unspecified atom stereocenters. The zero-order chi connectivity index (χ0) is 12.8. The molecule has 0 radical (unpaired) electrons. The molecule has 1 aromatic carbocycles. The van der Waals surface area contributed by atoms with Gasteiger partial charge >= 0.3 is 5.69 Å². The van der Waals surface area contributed by atoms with Gasteiger partial charge in [-0.15, -0.1) is 0 Å². The number of nitro benzene ring substituents is 1. The maximum Gasteiger partial charge on any atom is 0.313 e. The largest absolute Gasteiger partial charge is 0.479 e. The van der Waals surface area contributed by atoms with Gasteiger partial charge in [-0.2, -0.15) is 0 Å². The van der Waals surface area contributed by atoms with E-state index in [0.717, 1.165) is 6.42 Å². The van der Waals surface area contributed by atoms with Crippen molar-refractivity contribution in [3.8, 4) is 5.75 Å². The molecule has 0 heterocycles. The summed E-state index contributed by atoms with van der Waals surface area (Å²) in [6.07, 6.45) is 1.18. The van der Waals surface area contributed by atoms with Crippen LogP contribution in [-0.2, 0) is 4.79 Å². The minimum Gasteiger partial charge on any atom is -0.479 e. The van der Waals surface area contributed by atoms with Gasteiger partial charge in [0.05, 0.1) is 4.92 Å². The lowest BCUT2D eigenvalue weighted by atomic mass is 10.2. The van der Waals surface area contributed by atoms with Crippen molar-refractivity contribution in [3.05, 3.63) is 33.9 Å². The number of ketones is 1. The van der Waals surface area contributed by atoms with Crippen molar-refractivity contribution < 1.29 is 14.5 Å². The van der Waals surface area contributed by atoms with Crippen molar-refractivity contribution in [1.29, 1.82) is 0 Å². The van der Waals surface area contributed by atoms with Crippen molar-refractivity contribution >= 4 is 11.5 Å². The van der Waals surface area contributed by atoms with E-state index >= 15 is 0 Å². The van der Waals surface area contributed by atoms with E-state index < -0.39 is 4.92 Å². The molecule has 1 aromatic rings. The predicted molar refractivity (Wildman–Crippen MR) is 63.2 cm³/mol. The van der Waals surface area contributed by atoms with Crippen LogP contribution in [0.2, 0.25) is 0 Å². The molecular weight excluding hydrogens is 222 g/mol. The first kappa shape index (κ1) is 13.2. The Hall–Kier alpha value is -1.91. The number of carbonyl (C=O) groups is 1. The van der Waals surface area contributed by atoms with Crippen molar-refractivity contribution in [2.24, 2.45) is 0 Å². The zero-order valence-electron chi connectivity index (χ0n) is 9.93. The molecule has 92 valence electrons. The average molecular weight is 237 g/mol. The van der Waals surface area contributed by atoms with E-state index in [9.17, 15) is 14.9 Å². The highest BCUT2D eigenvalue weighted by atomic mass is 16.6. The second-order valence-electron chi connectivity index (χ2n) is 3.76. The number of aryl methyl sites for hydroxylation is 1. The van der Waals surface area contributed by atoms with Crippen molar-refractivity contribution in [1.82, 2.24) is 0 Å². The van der Waals surface area contributed by atoms with Crippen LogP contribution >= 0.6 is 0 Å². The third-order valence-corrected chi connectivity index (χ3v) is 2.30. The van der Waals surface area contributed by atoms with Crippen LogP contribution in [0.25, 0.3) is 0 Å². The first-order valence-corrected chi connectivity index (χ1v) is 5.44. The van der Waals surface area contributed by atoms with E-state index in [-0.39, 0.29) is 23.8 Å². The molecule has 5 heteroatoms. The number of nitro groups is 1. The van der Waals surface area contributed by atoms with Crippen molar-refractivity contribution in [2.45, 2.75) is 26.7 Å². The number of benzene rings is 1. The first-order valence-electron chi connectivity index (χ1n) is 5.44. The standard InChI is InChI=1S/C12H15NO4/c1-3-5-10(14)8-17-11-7-4-6-9(2)12(11)13(15)16/h4,6-7H,3,5,8H2,1-2H3. The minimum atomic E-state index is -0.491. The monoisotopic (exact) mass is 237 g/mol. The number of hydrogen-bond acceptors (Lipinski definition) is 4. The number of rotatable bonds is 6. The van der Waals surface area contributed by atoms with Crippen molar-refractivity contribution in [2.75, 3.05) is 6.61 Å². The zero-order valence-corrected chi connectivity index (χ0v) is 9.93. The molecule has 0 atom stereocenters. The van der Waals surface area contributed by atoms with Crippen LogP contribution in [0, 0.1) is 17.0 Å². The summed E-state index contributed by atoms with van der Waals surface area (Å²) < 4.78 is 5.20. The molecule has 0 N–H and O–H groups in total. The van der Waals surface area contributed by atoms with Gasteiger partial charge in [0.15, 0.2) is 11.5 Å². The van der Waals surface area contributed by atoms with Gasteiger partial charge in [-0.3, -0.25) is 14.9 Å². The second kappa shape index (κ2) is 5.98. The molecule has 0 fully saturated rings. The van der Waals surface area contributed by atoms with Crippen LogP contribution < -0.4 is 4.74 Å². The van der Waals surface area contributed by atoms with Crippen LogP contribution in [0.15, 0.2) is 18.2 Å². The summed E-state index contributed by atoms with van der Waals surface area (Å²) in [5.74, 6) is 0.0998. The summed E-state index contributed by atoms with van der Waals surface area (Å²) >= 11 is 0. The topological polar surface area (TPSA) is 69.4 Å². The SMILES string of the molecule is CCCC(=O)COc1cccc(C)c1[N+](=O)[O-]. The molecule has 0 aliphatic rings. The van der Waals surface area contributed by atoms with E-state index in [1.54, 1.807) is 19.1 Å². The number of ether oxygens (including phenoxy) is 1. The predicted octanol–water partition coefficient (Wildman–Crippen LogP) is 2.65. The Bertz CT molecular complexity index is 429. The molecule has 0 bridgehead atoms. The van der Waals surface area contributed by atoms with Gasteiger partial charge in [-0.25, -0.2) is 0 Å². The molecule has 5 nitrogen and oxygen atoms in total. The molecule has 0 saturated carbocycles. The average Bonchev–Trinajstić information content (AvgIpc) is 2.26. The van der Waals surface area contributed by atoms with E-state index in [4.69, 9.17) is 4.74 Å². The van der Waals surface area contributed by atoms with E-state index in [2.05, 4.69) is 0 Å². The Morgan fingerprint density at radius 1 is 1.47 bits per heavy atom. The summed E-state index contributed by atoms with van der Waals surface area (Å²) in [6, 6.07) is 4.81. The van der Waals surface area contributed by atoms with Gasteiger partial charge in [0.2, 0.25) is 0 Å². The maximum atomic E-state index is 11.3. The summed E-state index contributed by atoms with van der Waals surface area (Å²) in [4.78, 5) is 21.7. The molecule has 0 aliphatic carbocycles. The van der Waals surface area contributed by atoms with Crippen LogP contribution in [0.5, 0.6) is 5.75 Å². The Kier molecular flexibility index (Phi) is 4.63. The summed E-state index contributed by atoms with van der Waals surface area (Å²) in [5, 5.41) is 10.9. The number of nitrogens with zero attached hydrogens (tertiary/aromatic N) is 1. The Balaban J connectivity index is 2.81. The van der Waals surface area contributed by atoms with Crippen LogP contribution in [0.1, 0.15) is 25.3 Å². The third kappa shape index (κ3) is 3.55. The molecule has 0 aromatic heterocycles. The van der Waals surface area contributed by atoms with Crippen LogP contribution in [-0.4, -0.2) is 17.3 Å². The van der Waals surface area contributed by atoms with Crippen LogP contribution in [0.4, 0.5) is 5.69 Å². The molecule has 0 aliphatic heterocycles. The smallest absolute Gasteiger partial charge is 0.313 e. The van der Waals surface area contributed by atoms with Crippen molar-refractivity contribution in [3.63, 3.8) is 0 Å². The van der Waals surface area contributed by atoms with Gasteiger partial charge in [-0.05, 0) is 19.4 Å². The van der Waals surface area contributed by atoms with E-state index in [1.165, 1.54) is 6.07 Å². The first-order chi connectivity index (χ1) is 8.06. The lowest BCUT2D eigenvalue weighted by Gasteiger charge is -2.07. The van der Waals surface area contributed by atoms with Crippen LogP contribution in [0.3, 0.4) is 0 Å². The minimum absolute atomic E-state index is 0.0525. The molecular formula is C12H15NO4. The summed E-state index contributed by atoms with van der Waals surface area (Å²) in [5.41, 5.74) is 0.451. The molecule has 17 heavy (non-hydrogen) atoms. The summed E-state index contributed by atoms with van der Waals surface area (Å²) in [6.45, 7) is 3.42. The highest BCUT2D eigenvalue weighted by Gasteiger charge is 2.18. The molecule has 0 saturated heterocycles. The number of Topliss-reactive ketones (excluding diaryl/α,β-unsaturated/α-hetero) is 1. The lowest BCUT2D eigenvalue weighted by molar-refractivity contribution is -0.386. The summed E-state index contributed by atoms with van der Waals surface area (Å²) in [7, 11) is 0. The van der Waals surface area contributed by atoms with E-state index in [0.29, 0.717) is 12.0 Å².